The number of benzene rings is 2. The molecular formula is C29H28N2O2. The van der Waals surface area contributed by atoms with Gasteiger partial charge in [-0.3, -0.25) is 0 Å². The second-order valence-electron chi connectivity index (χ2n) is 8.33. The molecule has 0 spiro atoms. The van der Waals surface area contributed by atoms with E-state index in [4.69, 9.17) is 19.4 Å². The lowest BCUT2D eigenvalue weighted by atomic mass is 10.1. The molecule has 0 N–H and O–H groups in total. The number of hydrogen-bond acceptors (Lipinski definition) is 4. The zero-order valence-electron chi connectivity index (χ0n) is 18.7. The first-order valence-corrected chi connectivity index (χ1v) is 11.8. The summed E-state index contributed by atoms with van der Waals surface area (Å²) in [6, 6.07) is 28.5. The number of ether oxygens (including phenoxy) is 2. The fourth-order valence-corrected chi connectivity index (χ4v) is 4.03. The average Bonchev–Trinajstić information content (AvgIpc) is 2.88. The number of pyridine rings is 2. The first-order valence-electron chi connectivity index (χ1n) is 11.8. The molecule has 8 bridgehead atoms. The van der Waals surface area contributed by atoms with E-state index in [9.17, 15) is 0 Å². The summed E-state index contributed by atoms with van der Waals surface area (Å²) in [7, 11) is 0. The smallest absolute Gasteiger partial charge is 0.119 e. The van der Waals surface area contributed by atoms with Crippen LogP contribution < -0.4 is 9.47 Å². The van der Waals surface area contributed by atoms with Crippen LogP contribution in [0, 0.1) is 0 Å². The Morgan fingerprint density at radius 1 is 0.424 bits per heavy atom. The third kappa shape index (κ3) is 5.40. The molecule has 0 radical (unpaired) electrons. The number of hydrogen-bond donors (Lipinski definition) is 0. The highest BCUT2D eigenvalue weighted by Crippen LogP contribution is 2.27. The van der Waals surface area contributed by atoms with Gasteiger partial charge in [0.2, 0.25) is 0 Å². The molecule has 2 aromatic heterocycles. The lowest BCUT2D eigenvalue weighted by molar-refractivity contribution is 0.293. The summed E-state index contributed by atoms with van der Waals surface area (Å²) in [6.45, 7) is 1.50. The predicted molar refractivity (Wildman–Crippen MR) is 132 cm³/mol. The third-order valence-electron chi connectivity index (χ3n) is 5.89. The van der Waals surface area contributed by atoms with E-state index in [1.807, 2.05) is 60.7 Å². The quantitative estimate of drug-likeness (QED) is 0.292. The molecule has 0 fully saturated rings. The molecule has 0 aliphatic carbocycles. The zero-order chi connectivity index (χ0) is 22.3. The maximum Gasteiger partial charge on any atom is 0.119 e. The summed E-state index contributed by atoms with van der Waals surface area (Å²) in [5.41, 5.74) is 5.68. The fourth-order valence-electron chi connectivity index (χ4n) is 4.03. The van der Waals surface area contributed by atoms with E-state index in [2.05, 4.69) is 24.3 Å². The van der Waals surface area contributed by atoms with Gasteiger partial charge >= 0.3 is 0 Å². The average molecular weight is 437 g/mol. The minimum Gasteiger partial charge on any atom is -0.494 e. The molecule has 0 atom stereocenters. The molecule has 0 saturated heterocycles. The van der Waals surface area contributed by atoms with E-state index >= 15 is 0 Å². The minimum atomic E-state index is 0.748. The molecular weight excluding hydrogens is 408 g/mol. The number of aromatic nitrogens is 2. The van der Waals surface area contributed by atoms with Crippen molar-refractivity contribution < 1.29 is 9.47 Å². The van der Waals surface area contributed by atoms with Gasteiger partial charge in [0.05, 0.1) is 36.0 Å². The Morgan fingerprint density at radius 3 is 1.27 bits per heavy atom. The molecule has 4 aromatic rings. The van der Waals surface area contributed by atoms with Gasteiger partial charge < -0.3 is 9.47 Å². The second-order valence-corrected chi connectivity index (χ2v) is 8.33. The van der Waals surface area contributed by atoms with Gasteiger partial charge in [-0.15, -0.1) is 0 Å². The summed E-state index contributed by atoms with van der Waals surface area (Å²) < 4.78 is 11.9. The third-order valence-corrected chi connectivity index (χ3v) is 5.89. The summed E-state index contributed by atoms with van der Waals surface area (Å²) in [6.07, 6.45) is 5.69. The van der Waals surface area contributed by atoms with Crippen molar-refractivity contribution in [2.75, 3.05) is 13.2 Å². The van der Waals surface area contributed by atoms with Crippen LogP contribution in [0.15, 0.2) is 84.9 Å². The maximum absolute atomic E-state index is 5.93. The van der Waals surface area contributed by atoms with Gasteiger partial charge in [0.25, 0.3) is 0 Å². The predicted octanol–water partition coefficient (Wildman–Crippen LogP) is 7.20. The van der Waals surface area contributed by atoms with Gasteiger partial charge in [-0.05, 0) is 85.6 Å². The van der Waals surface area contributed by atoms with Crippen molar-refractivity contribution in [3.63, 3.8) is 0 Å². The van der Waals surface area contributed by atoms with Crippen LogP contribution in [0.1, 0.15) is 32.1 Å². The van der Waals surface area contributed by atoms with Gasteiger partial charge in [0.1, 0.15) is 11.5 Å². The fraction of sp³-hybridized carbons (Fsp3) is 0.241. The van der Waals surface area contributed by atoms with Gasteiger partial charge in [0, 0.05) is 11.1 Å². The Balaban J connectivity index is 1.46. The van der Waals surface area contributed by atoms with E-state index in [0.29, 0.717) is 0 Å². The Kier molecular flexibility index (Phi) is 6.62. The Hall–Kier alpha value is -3.66. The molecule has 166 valence electrons. The van der Waals surface area contributed by atoms with Crippen molar-refractivity contribution in [3.05, 3.63) is 84.9 Å². The van der Waals surface area contributed by atoms with Crippen molar-refractivity contribution in [1.82, 2.24) is 9.97 Å². The van der Waals surface area contributed by atoms with Crippen LogP contribution >= 0.6 is 0 Å². The summed E-state index contributed by atoms with van der Waals surface area (Å²) in [4.78, 5) is 9.77. The van der Waals surface area contributed by atoms with Crippen LogP contribution in [0.3, 0.4) is 0 Å². The molecule has 2 aromatic carbocycles. The van der Waals surface area contributed by atoms with Crippen LogP contribution in [0.4, 0.5) is 0 Å². The number of nitrogens with zero attached hydrogens (tertiary/aromatic N) is 2. The first kappa shape index (κ1) is 21.2. The monoisotopic (exact) mass is 436 g/mol. The van der Waals surface area contributed by atoms with Crippen molar-refractivity contribution in [2.45, 2.75) is 32.1 Å². The SMILES string of the molecule is c1cc2nc(c1)-c1cccc(n1)-c1ccc(cc1)OCCCCCCCOc1ccc-2cc1. The normalized spacial score (nSPS) is 14.3. The Labute approximate surface area is 195 Å². The summed E-state index contributed by atoms with van der Waals surface area (Å²) >= 11 is 0. The second kappa shape index (κ2) is 10.3. The van der Waals surface area contributed by atoms with E-state index in [1.165, 1.54) is 19.3 Å². The molecule has 6 heterocycles. The molecule has 4 aliphatic rings. The molecule has 4 nitrogen and oxygen atoms in total. The number of rotatable bonds is 0. The highest BCUT2D eigenvalue weighted by Gasteiger charge is 2.08. The highest BCUT2D eigenvalue weighted by molar-refractivity contribution is 5.67. The molecule has 0 unspecified atom stereocenters. The first-order chi connectivity index (χ1) is 16.3. The lowest BCUT2D eigenvalue weighted by Crippen LogP contribution is -1.99. The van der Waals surface area contributed by atoms with Crippen LogP contribution in [-0.2, 0) is 0 Å². The van der Waals surface area contributed by atoms with Gasteiger partial charge in [-0.1, -0.05) is 31.4 Å². The van der Waals surface area contributed by atoms with Crippen LogP contribution in [-0.4, -0.2) is 23.2 Å². The van der Waals surface area contributed by atoms with Crippen molar-refractivity contribution in [3.8, 4) is 45.4 Å². The molecule has 33 heavy (non-hydrogen) atoms. The molecule has 4 heteroatoms. The molecule has 8 rings (SSSR count). The summed E-state index contributed by atoms with van der Waals surface area (Å²) in [5.74, 6) is 1.81. The van der Waals surface area contributed by atoms with Crippen LogP contribution in [0.25, 0.3) is 33.9 Å². The lowest BCUT2D eigenvalue weighted by Gasteiger charge is -2.09. The van der Waals surface area contributed by atoms with E-state index < -0.39 is 0 Å². The van der Waals surface area contributed by atoms with Crippen molar-refractivity contribution >= 4 is 0 Å². The molecule has 0 saturated carbocycles. The summed E-state index contributed by atoms with van der Waals surface area (Å²) in [5, 5.41) is 0. The largest absolute Gasteiger partial charge is 0.494 e. The van der Waals surface area contributed by atoms with E-state index in [0.717, 1.165) is 71.5 Å². The van der Waals surface area contributed by atoms with Crippen molar-refractivity contribution in [2.24, 2.45) is 0 Å². The van der Waals surface area contributed by atoms with Gasteiger partial charge in [-0.2, -0.15) is 0 Å². The molecule has 0 amide bonds. The Bertz CT molecular complexity index is 1090. The van der Waals surface area contributed by atoms with Crippen molar-refractivity contribution in [1.29, 1.82) is 0 Å². The van der Waals surface area contributed by atoms with E-state index in [1.54, 1.807) is 0 Å². The van der Waals surface area contributed by atoms with Gasteiger partial charge in [0.15, 0.2) is 0 Å². The standard InChI is InChI=1S/C29H28N2O2/c1-2-4-20-32-24-16-12-22(13-17-24)26-8-6-10-28(30-26)29-11-7-9-27(31-29)23-14-18-25(19-15-23)33-21-5-3-1/h6-19H,1-5,20-21H2. The Morgan fingerprint density at radius 2 is 0.818 bits per heavy atom. The van der Waals surface area contributed by atoms with Crippen LogP contribution in [0.2, 0.25) is 0 Å². The topological polar surface area (TPSA) is 44.2 Å². The highest BCUT2D eigenvalue weighted by atomic mass is 16.5. The minimum absolute atomic E-state index is 0.748. The van der Waals surface area contributed by atoms with Gasteiger partial charge in [-0.25, -0.2) is 9.97 Å². The zero-order valence-corrected chi connectivity index (χ0v) is 18.7. The molecule has 4 aliphatic heterocycles. The van der Waals surface area contributed by atoms with E-state index in [-0.39, 0.29) is 0 Å². The van der Waals surface area contributed by atoms with Crippen LogP contribution in [0.5, 0.6) is 11.5 Å². The maximum atomic E-state index is 5.93.